The van der Waals surface area contributed by atoms with Crippen molar-refractivity contribution in [3.05, 3.63) is 0 Å². The van der Waals surface area contributed by atoms with Crippen LogP contribution in [0.3, 0.4) is 0 Å². The molecule has 0 aromatic heterocycles. The first-order valence-corrected chi connectivity index (χ1v) is 11.5. The minimum Gasteiger partial charge on any atom is -0.748 e. The third-order valence-electron chi connectivity index (χ3n) is 4.70. The molecule has 0 spiro atoms. The maximum Gasteiger partial charge on any atom is 1.00 e. The molecule has 25 heavy (non-hydrogen) atoms. The molecular formula is C19H39KO4S. The molecule has 4 nitrogen and oxygen atoms in total. The largest absolute Gasteiger partial charge is 1.00 e. The molecule has 0 aliphatic rings. The number of hydrogen-bond donors (Lipinski definition) is 1. The van der Waals surface area contributed by atoms with Gasteiger partial charge in [0.25, 0.3) is 0 Å². The molecular weight excluding hydrogens is 363 g/mol. The van der Waals surface area contributed by atoms with Crippen LogP contribution in [-0.2, 0) is 10.1 Å². The van der Waals surface area contributed by atoms with E-state index in [9.17, 15) is 13.0 Å². The van der Waals surface area contributed by atoms with Gasteiger partial charge in [0.15, 0.2) is 0 Å². The maximum absolute atomic E-state index is 11.1. The Morgan fingerprint density at radius 2 is 1.08 bits per heavy atom. The van der Waals surface area contributed by atoms with Gasteiger partial charge in [0, 0.05) is 11.9 Å². The molecule has 0 saturated carbocycles. The predicted octanol–water partition coefficient (Wildman–Crippen LogP) is 2.16. The van der Waals surface area contributed by atoms with Crippen LogP contribution in [0, 0.1) is 0 Å². The number of unbranched alkanes of at least 4 members (excludes halogenated alkanes) is 12. The Bertz CT molecular complexity index is 360. The maximum atomic E-state index is 11.1. The van der Waals surface area contributed by atoms with Crippen molar-refractivity contribution in [3.8, 4) is 0 Å². The summed E-state index contributed by atoms with van der Waals surface area (Å²) in [4.78, 5) is 0. The average molecular weight is 403 g/mol. The first-order valence-electron chi connectivity index (χ1n) is 10.1. The Labute approximate surface area is 199 Å². The zero-order valence-corrected chi connectivity index (χ0v) is 20.6. The standard InChI is InChI=1S/C19H40O4S.K/c1-2-16-19(24(21,22)23)17-14-12-10-8-6-4-3-5-7-9-11-13-15-18-20;/h19-20H,2-18H2,1H3,(H,21,22,23);/q;+1/p-1. The SMILES string of the molecule is CCCC(CCCCCCCCCCCCCCCO)S(=O)(=O)[O-].[K+]. The van der Waals surface area contributed by atoms with E-state index in [2.05, 4.69) is 0 Å². The van der Waals surface area contributed by atoms with Crippen molar-refractivity contribution >= 4 is 10.1 Å². The molecule has 0 aromatic carbocycles. The summed E-state index contributed by atoms with van der Waals surface area (Å²) in [6, 6.07) is 0. The normalized spacial score (nSPS) is 12.8. The first kappa shape index (κ1) is 28.7. The summed E-state index contributed by atoms with van der Waals surface area (Å²) >= 11 is 0. The van der Waals surface area contributed by atoms with E-state index in [0.29, 0.717) is 19.4 Å². The zero-order valence-electron chi connectivity index (χ0n) is 16.7. The van der Waals surface area contributed by atoms with Gasteiger partial charge in [-0.25, -0.2) is 8.42 Å². The number of aliphatic hydroxyl groups is 1. The fraction of sp³-hybridized carbons (Fsp3) is 1.00. The fourth-order valence-electron chi connectivity index (χ4n) is 3.18. The van der Waals surface area contributed by atoms with Gasteiger partial charge in [-0.15, -0.1) is 0 Å². The molecule has 6 heteroatoms. The number of hydrogen-bond acceptors (Lipinski definition) is 4. The van der Waals surface area contributed by atoms with E-state index in [1.54, 1.807) is 0 Å². The van der Waals surface area contributed by atoms with Gasteiger partial charge in [-0.2, -0.15) is 0 Å². The summed E-state index contributed by atoms with van der Waals surface area (Å²) in [5.41, 5.74) is 0. The second-order valence-electron chi connectivity index (χ2n) is 7.01. The topological polar surface area (TPSA) is 77.4 Å². The molecule has 0 aliphatic heterocycles. The van der Waals surface area contributed by atoms with Gasteiger partial charge in [-0.3, -0.25) is 0 Å². The molecule has 0 saturated heterocycles. The minimum atomic E-state index is -4.11. The molecule has 0 heterocycles. The van der Waals surface area contributed by atoms with Crippen LogP contribution in [-0.4, -0.2) is 29.9 Å². The van der Waals surface area contributed by atoms with Gasteiger partial charge in [0.2, 0.25) is 0 Å². The van der Waals surface area contributed by atoms with Crippen molar-refractivity contribution in [1.82, 2.24) is 0 Å². The summed E-state index contributed by atoms with van der Waals surface area (Å²) in [7, 11) is -4.11. The molecule has 0 fully saturated rings. The Hall–Kier alpha value is 1.51. The molecule has 1 atom stereocenters. The molecule has 0 radical (unpaired) electrons. The van der Waals surface area contributed by atoms with Crippen molar-refractivity contribution in [1.29, 1.82) is 0 Å². The molecule has 0 bridgehead atoms. The summed E-state index contributed by atoms with van der Waals surface area (Å²) in [6.45, 7) is 2.25. The Morgan fingerprint density at radius 1 is 0.720 bits per heavy atom. The molecule has 0 amide bonds. The van der Waals surface area contributed by atoms with E-state index in [0.717, 1.165) is 38.5 Å². The van der Waals surface area contributed by atoms with Crippen molar-refractivity contribution in [2.45, 2.75) is 115 Å². The molecule has 146 valence electrons. The van der Waals surface area contributed by atoms with Crippen LogP contribution >= 0.6 is 0 Å². The van der Waals surface area contributed by atoms with Crippen LogP contribution in [0.4, 0.5) is 0 Å². The number of rotatable bonds is 18. The van der Waals surface area contributed by atoms with Crippen LogP contribution in [0.2, 0.25) is 0 Å². The van der Waals surface area contributed by atoms with Crippen LogP contribution < -0.4 is 51.4 Å². The van der Waals surface area contributed by atoms with E-state index in [4.69, 9.17) is 5.11 Å². The third kappa shape index (κ3) is 20.1. The zero-order chi connectivity index (χ0) is 18.1. The minimum absolute atomic E-state index is 0. The van der Waals surface area contributed by atoms with E-state index >= 15 is 0 Å². The monoisotopic (exact) mass is 402 g/mol. The molecule has 0 rings (SSSR count). The van der Waals surface area contributed by atoms with Crippen molar-refractivity contribution in [2.24, 2.45) is 0 Å². The van der Waals surface area contributed by atoms with E-state index in [-0.39, 0.29) is 51.4 Å². The van der Waals surface area contributed by atoms with Gasteiger partial charge in [-0.05, 0) is 19.3 Å². The van der Waals surface area contributed by atoms with Gasteiger partial charge in [0.1, 0.15) is 0 Å². The molecule has 0 aromatic rings. The fourth-order valence-corrected chi connectivity index (χ4v) is 4.16. The quantitative estimate of drug-likeness (QED) is 0.216. The summed E-state index contributed by atoms with van der Waals surface area (Å²) in [6.07, 6.45) is 17.2. The predicted molar refractivity (Wildman–Crippen MR) is 100 cm³/mol. The van der Waals surface area contributed by atoms with E-state index in [1.165, 1.54) is 51.4 Å². The summed E-state index contributed by atoms with van der Waals surface area (Å²) in [5, 5.41) is 8.02. The van der Waals surface area contributed by atoms with Gasteiger partial charge < -0.3 is 9.66 Å². The Morgan fingerprint density at radius 3 is 1.40 bits per heavy atom. The summed E-state index contributed by atoms with van der Waals surface area (Å²) in [5.74, 6) is 0. The molecule has 0 aliphatic carbocycles. The Kier molecular flexibility index (Phi) is 23.3. The van der Waals surface area contributed by atoms with E-state index in [1.807, 2.05) is 6.92 Å². The van der Waals surface area contributed by atoms with Gasteiger partial charge in [-0.1, -0.05) is 90.4 Å². The number of aliphatic hydroxyl groups excluding tert-OH is 1. The van der Waals surface area contributed by atoms with Crippen LogP contribution in [0.25, 0.3) is 0 Å². The van der Waals surface area contributed by atoms with Crippen molar-refractivity contribution < 1.29 is 69.5 Å². The Balaban J connectivity index is 0. The first-order chi connectivity index (χ1) is 11.5. The van der Waals surface area contributed by atoms with Crippen molar-refractivity contribution in [2.75, 3.05) is 6.61 Å². The second kappa shape index (κ2) is 20.2. The third-order valence-corrected chi connectivity index (χ3v) is 5.99. The van der Waals surface area contributed by atoms with Gasteiger partial charge >= 0.3 is 51.4 Å². The van der Waals surface area contributed by atoms with Gasteiger partial charge in [0.05, 0.1) is 10.1 Å². The average Bonchev–Trinajstić information content (AvgIpc) is 2.53. The summed E-state index contributed by atoms with van der Waals surface area (Å²) < 4.78 is 33.4. The van der Waals surface area contributed by atoms with E-state index < -0.39 is 15.4 Å². The molecule has 1 N–H and O–H groups in total. The molecule has 1 unspecified atom stereocenters. The van der Waals surface area contributed by atoms with Crippen LogP contribution in [0.5, 0.6) is 0 Å². The van der Waals surface area contributed by atoms with Crippen molar-refractivity contribution in [3.63, 3.8) is 0 Å². The van der Waals surface area contributed by atoms with Crippen LogP contribution in [0.15, 0.2) is 0 Å². The van der Waals surface area contributed by atoms with Crippen LogP contribution in [0.1, 0.15) is 110 Å². The smallest absolute Gasteiger partial charge is 0.748 e. The second-order valence-corrected chi connectivity index (χ2v) is 8.66.